The largest absolute Gasteiger partial charge is 0.409 e. The van der Waals surface area contributed by atoms with Gasteiger partial charge in [-0.25, -0.2) is 0 Å². The van der Waals surface area contributed by atoms with Crippen LogP contribution >= 0.6 is 0 Å². The molecule has 2 aromatic rings. The first kappa shape index (κ1) is 16.8. The monoisotopic (exact) mass is 336 g/mol. The molecule has 1 atom stereocenters. The van der Waals surface area contributed by atoms with Crippen LogP contribution in [0.3, 0.4) is 0 Å². The second-order valence-electron chi connectivity index (χ2n) is 6.95. The van der Waals surface area contributed by atoms with Crippen LogP contribution in [0.1, 0.15) is 37.4 Å². The van der Waals surface area contributed by atoms with Crippen molar-refractivity contribution >= 4 is 16.7 Å². The average molecular weight is 336 g/mol. The number of halogens is 3. The highest BCUT2D eigenvalue weighted by Gasteiger charge is 2.52. The van der Waals surface area contributed by atoms with Crippen molar-refractivity contribution in [2.75, 3.05) is 0 Å². The van der Waals surface area contributed by atoms with Crippen LogP contribution in [0.2, 0.25) is 0 Å². The number of benzene rings is 2. The number of amides is 1. The van der Waals surface area contributed by atoms with E-state index in [0.29, 0.717) is 0 Å². The van der Waals surface area contributed by atoms with Gasteiger partial charge in [0.1, 0.15) is 0 Å². The molecule has 1 heterocycles. The van der Waals surface area contributed by atoms with Crippen molar-refractivity contribution in [3.63, 3.8) is 0 Å². The van der Waals surface area contributed by atoms with E-state index in [2.05, 4.69) is 5.43 Å². The molecule has 0 spiro atoms. The molecule has 1 aliphatic heterocycles. The number of hydrazine groups is 1. The van der Waals surface area contributed by atoms with Crippen molar-refractivity contribution in [3.8, 4) is 0 Å². The lowest BCUT2D eigenvalue weighted by Gasteiger charge is -2.38. The Labute approximate surface area is 138 Å². The molecule has 2 aromatic carbocycles. The molecule has 0 unspecified atom stereocenters. The number of rotatable bonds is 2. The zero-order chi connectivity index (χ0) is 17.7. The molecule has 128 valence electrons. The summed E-state index contributed by atoms with van der Waals surface area (Å²) in [6, 6.07) is 8.47. The van der Waals surface area contributed by atoms with E-state index in [1.54, 1.807) is 26.0 Å². The Kier molecular flexibility index (Phi) is 3.83. The molecule has 0 saturated carbocycles. The molecule has 1 aliphatic rings. The molecule has 1 saturated heterocycles. The molecule has 1 amide bonds. The third-order valence-electron chi connectivity index (χ3n) is 4.39. The first-order chi connectivity index (χ1) is 11.1. The maximum atomic E-state index is 13.8. The number of nitrogens with zero attached hydrogens (tertiary/aromatic N) is 1. The van der Waals surface area contributed by atoms with E-state index in [0.717, 1.165) is 21.3 Å². The van der Waals surface area contributed by atoms with E-state index in [9.17, 15) is 18.0 Å². The molecule has 1 fully saturated rings. The fourth-order valence-corrected chi connectivity index (χ4v) is 3.26. The lowest BCUT2D eigenvalue weighted by molar-refractivity contribution is -0.203. The van der Waals surface area contributed by atoms with Crippen molar-refractivity contribution in [2.24, 2.45) is 0 Å². The molecule has 3 rings (SSSR count). The second kappa shape index (κ2) is 5.48. The Morgan fingerprint density at radius 2 is 1.75 bits per heavy atom. The number of carbonyl (C=O) groups is 1. The van der Waals surface area contributed by atoms with Crippen LogP contribution in [0.15, 0.2) is 36.4 Å². The van der Waals surface area contributed by atoms with Gasteiger partial charge < -0.3 is 0 Å². The lowest BCUT2D eigenvalue weighted by Crippen LogP contribution is -2.51. The smallest absolute Gasteiger partial charge is 0.287 e. The maximum absolute atomic E-state index is 13.8. The zero-order valence-electron chi connectivity index (χ0n) is 13.7. The van der Waals surface area contributed by atoms with Gasteiger partial charge in [0.15, 0.2) is 6.04 Å². The number of carbonyl (C=O) groups excluding carboxylic acids is 1. The van der Waals surface area contributed by atoms with Crippen molar-refractivity contribution in [3.05, 3.63) is 47.5 Å². The summed E-state index contributed by atoms with van der Waals surface area (Å²) in [7, 11) is 0. The van der Waals surface area contributed by atoms with Crippen molar-refractivity contribution in [1.29, 1.82) is 0 Å². The second-order valence-corrected chi connectivity index (χ2v) is 6.95. The van der Waals surface area contributed by atoms with E-state index in [-0.39, 0.29) is 12.0 Å². The summed E-state index contributed by atoms with van der Waals surface area (Å²) in [6.45, 7) is 5.20. The molecular formula is C18H19F3N2O. The van der Waals surface area contributed by atoms with Crippen LogP contribution in [0.5, 0.6) is 0 Å². The van der Waals surface area contributed by atoms with Gasteiger partial charge in [0.2, 0.25) is 5.91 Å². The first-order valence-electron chi connectivity index (χ1n) is 7.74. The summed E-state index contributed by atoms with van der Waals surface area (Å²) < 4.78 is 41.4. The minimum Gasteiger partial charge on any atom is -0.287 e. The average Bonchev–Trinajstić information content (AvgIpc) is 2.70. The van der Waals surface area contributed by atoms with E-state index in [1.165, 1.54) is 6.07 Å². The van der Waals surface area contributed by atoms with Gasteiger partial charge in [-0.2, -0.15) is 18.2 Å². The van der Waals surface area contributed by atoms with Gasteiger partial charge in [-0.05, 0) is 43.2 Å². The molecule has 3 nitrogen and oxygen atoms in total. The molecule has 24 heavy (non-hydrogen) atoms. The van der Waals surface area contributed by atoms with Gasteiger partial charge in [-0.1, -0.05) is 35.9 Å². The summed E-state index contributed by atoms with van der Waals surface area (Å²) >= 11 is 0. The predicted molar refractivity (Wildman–Crippen MR) is 86.2 cm³/mol. The number of fused-ring (bicyclic) bond motifs is 1. The Bertz CT molecular complexity index is 798. The minimum atomic E-state index is -4.51. The fourth-order valence-electron chi connectivity index (χ4n) is 3.26. The standard InChI is InChI=1S/C18H19F3N2O/c1-11-4-5-13-9-14(7-6-12(13)8-11)16(18(19,20)21)23-17(2,3)10-15(24)22-23/h4-9,16H,10H2,1-3H3,(H,22,24)/t16-/m0/s1. The highest BCUT2D eigenvalue weighted by molar-refractivity contribution is 5.84. The Morgan fingerprint density at radius 1 is 1.12 bits per heavy atom. The van der Waals surface area contributed by atoms with E-state index in [1.807, 2.05) is 25.1 Å². The van der Waals surface area contributed by atoms with Gasteiger partial charge in [0.25, 0.3) is 0 Å². The van der Waals surface area contributed by atoms with Crippen molar-refractivity contribution in [2.45, 2.75) is 44.9 Å². The molecular weight excluding hydrogens is 317 g/mol. The SMILES string of the molecule is Cc1ccc2cc([C@H](N3NC(=O)CC3(C)C)C(F)(F)F)ccc2c1. The van der Waals surface area contributed by atoms with Gasteiger partial charge in [0.05, 0.1) is 0 Å². The van der Waals surface area contributed by atoms with Crippen LogP contribution in [0.4, 0.5) is 13.2 Å². The summed E-state index contributed by atoms with van der Waals surface area (Å²) in [5.41, 5.74) is 2.63. The lowest BCUT2D eigenvalue weighted by atomic mass is 9.95. The molecule has 0 aromatic heterocycles. The number of hydrogen-bond acceptors (Lipinski definition) is 2. The Morgan fingerprint density at radius 3 is 2.33 bits per heavy atom. The number of hydrogen-bond donors (Lipinski definition) is 1. The molecule has 0 bridgehead atoms. The molecule has 6 heteroatoms. The van der Waals surface area contributed by atoms with Crippen molar-refractivity contribution < 1.29 is 18.0 Å². The minimum absolute atomic E-state index is 0.0341. The summed E-state index contributed by atoms with van der Waals surface area (Å²) in [4.78, 5) is 11.7. The summed E-state index contributed by atoms with van der Waals surface area (Å²) in [6.07, 6.45) is -4.47. The van der Waals surface area contributed by atoms with E-state index < -0.39 is 23.7 Å². The third-order valence-corrected chi connectivity index (χ3v) is 4.39. The topological polar surface area (TPSA) is 32.3 Å². The normalized spacial score (nSPS) is 19.5. The van der Waals surface area contributed by atoms with Crippen LogP contribution in [-0.2, 0) is 4.79 Å². The van der Waals surface area contributed by atoms with Crippen LogP contribution in [0, 0.1) is 6.92 Å². The fraction of sp³-hybridized carbons (Fsp3) is 0.389. The highest BCUT2D eigenvalue weighted by Crippen LogP contribution is 2.43. The Balaban J connectivity index is 2.10. The van der Waals surface area contributed by atoms with Crippen LogP contribution in [-0.4, -0.2) is 22.6 Å². The zero-order valence-corrected chi connectivity index (χ0v) is 13.7. The first-order valence-corrected chi connectivity index (χ1v) is 7.74. The maximum Gasteiger partial charge on any atom is 0.409 e. The highest BCUT2D eigenvalue weighted by atomic mass is 19.4. The number of alkyl halides is 3. The third kappa shape index (κ3) is 2.98. The molecule has 0 aliphatic carbocycles. The Hall–Kier alpha value is -2.08. The van der Waals surface area contributed by atoms with Gasteiger partial charge in [-0.15, -0.1) is 0 Å². The van der Waals surface area contributed by atoms with Crippen LogP contribution < -0.4 is 5.43 Å². The van der Waals surface area contributed by atoms with Gasteiger partial charge in [-0.3, -0.25) is 10.2 Å². The van der Waals surface area contributed by atoms with E-state index >= 15 is 0 Å². The predicted octanol–water partition coefficient (Wildman–Crippen LogP) is 4.27. The summed E-state index contributed by atoms with van der Waals surface area (Å²) in [5.74, 6) is -0.398. The number of aryl methyl sites for hydroxylation is 1. The van der Waals surface area contributed by atoms with Gasteiger partial charge >= 0.3 is 6.18 Å². The molecule has 1 N–H and O–H groups in total. The molecule has 0 radical (unpaired) electrons. The van der Waals surface area contributed by atoms with Gasteiger partial charge in [0, 0.05) is 12.0 Å². The quantitative estimate of drug-likeness (QED) is 0.888. The number of nitrogens with one attached hydrogen (secondary N) is 1. The van der Waals surface area contributed by atoms with E-state index in [4.69, 9.17) is 0 Å². The summed E-state index contributed by atoms with van der Waals surface area (Å²) in [5, 5.41) is 2.67. The van der Waals surface area contributed by atoms with Crippen molar-refractivity contribution in [1.82, 2.24) is 10.4 Å². The van der Waals surface area contributed by atoms with Crippen LogP contribution in [0.25, 0.3) is 10.8 Å².